The van der Waals surface area contributed by atoms with Crippen molar-refractivity contribution >= 4 is 5.69 Å². The first kappa shape index (κ1) is 21.2. The molecule has 0 saturated carbocycles. The zero-order chi connectivity index (χ0) is 22.0. The summed E-state index contributed by atoms with van der Waals surface area (Å²) in [5.74, 6) is -0.0122. The lowest BCUT2D eigenvalue weighted by atomic mass is 10.1. The lowest BCUT2D eigenvalue weighted by Crippen LogP contribution is -2.30. The zero-order valence-electron chi connectivity index (χ0n) is 17.4. The molecule has 3 N–H and O–H groups in total. The van der Waals surface area contributed by atoms with Crippen molar-refractivity contribution in [2.45, 2.75) is 19.1 Å². The van der Waals surface area contributed by atoms with E-state index in [1.54, 1.807) is 35.4 Å². The molecule has 0 aliphatic carbocycles. The topological polar surface area (TPSA) is 118 Å². The summed E-state index contributed by atoms with van der Waals surface area (Å²) in [5, 5.41) is 22.4. The highest BCUT2D eigenvalue weighted by atomic mass is 19.1. The second-order valence-corrected chi connectivity index (χ2v) is 7.58. The number of hydrogen-bond acceptors (Lipinski definition) is 9. The van der Waals surface area contributed by atoms with Gasteiger partial charge in [-0.2, -0.15) is 4.80 Å². The van der Waals surface area contributed by atoms with Crippen LogP contribution >= 0.6 is 0 Å². The van der Waals surface area contributed by atoms with Crippen LogP contribution in [-0.2, 0) is 11.3 Å². The van der Waals surface area contributed by atoms with Crippen LogP contribution in [0.5, 0.6) is 0 Å². The van der Waals surface area contributed by atoms with Gasteiger partial charge in [-0.3, -0.25) is 4.98 Å². The number of aliphatic hydroxyl groups is 1. The maximum absolute atomic E-state index is 14.8. The predicted molar refractivity (Wildman–Crippen MR) is 112 cm³/mol. The fraction of sp³-hybridized carbons (Fsp3) is 0.400. The SMILES string of the molecule is CN(C)CCn1nnc(-c2ccc(-c3ccc(N4C[C@H](CN)OC4O)cc3F)cn2)n1. The summed E-state index contributed by atoms with van der Waals surface area (Å²) in [6.07, 6.45) is 0.147. The van der Waals surface area contributed by atoms with Crippen LogP contribution in [0.1, 0.15) is 0 Å². The quantitative estimate of drug-likeness (QED) is 0.556. The van der Waals surface area contributed by atoms with Gasteiger partial charge in [-0.1, -0.05) is 6.07 Å². The van der Waals surface area contributed by atoms with Gasteiger partial charge in [0.05, 0.1) is 19.2 Å². The van der Waals surface area contributed by atoms with Gasteiger partial charge >= 0.3 is 0 Å². The molecule has 2 atom stereocenters. The highest BCUT2D eigenvalue weighted by Crippen LogP contribution is 2.30. The number of tetrazole rings is 1. The average molecular weight is 428 g/mol. The lowest BCUT2D eigenvalue weighted by molar-refractivity contribution is -0.0855. The molecule has 1 unspecified atom stereocenters. The second kappa shape index (κ2) is 9.02. The molecule has 1 aliphatic heterocycles. The van der Waals surface area contributed by atoms with Crippen molar-refractivity contribution in [1.82, 2.24) is 30.1 Å². The van der Waals surface area contributed by atoms with Gasteiger partial charge < -0.3 is 25.4 Å². The third-order valence-electron chi connectivity index (χ3n) is 5.03. The van der Waals surface area contributed by atoms with Gasteiger partial charge in [0.25, 0.3) is 0 Å². The molecule has 10 nitrogen and oxygen atoms in total. The van der Waals surface area contributed by atoms with Crippen molar-refractivity contribution in [3.63, 3.8) is 0 Å². The fourth-order valence-corrected chi connectivity index (χ4v) is 3.29. The van der Waals surface area contributed by atoms with E-state index in [1.165, 1.54) is 10.9 Å². The van der Waals surface area contributed by atoms with E-state index in [2.05, 4.69) is 20.4 Å². The summed E-state index contributed by atoms with van der Waals surface area (Å²) in [5.41, 5.74) is 7.68. The van der Waals surface area contributed by atoms with Crippen molar-refractivity contribution in [3.8, 4) is 22.6 Å². The number of hydrogen-bond donors (Lipinski definition) is 2. The highest BCUT2D eigenvalue weighted by Gasteiger charge is 2.31. The second-order valence-electron chi connectivity index (χ2n) is 7.58. The molecule has 1 saturated heterocycles. The number of ether oxygens (including phenoxy) is 1. The van der Waals surface area contributed by atoms with Crippen LogP contribution in [0.4, 0.5) is 10.1 Å². The monoisotopic (exact) mass is 428 g/mol. The number of likely N-dealkylation sites (N-methyl/N-ethyl adjacent to an activating group) is 1. The van der Waals surface area contributed by atoms with Crippen molar-refractivity contribution < 1.29 is 14.2 Å². The van der Waals surface area contributed by atoms with Crippen LogP contribution < -0.4 is 10.6 Å². The number of nitrogens with two attached hydrogens (primary N) is 1. The van der Waals surface area contributed by atoms with Crippen LogP contribution in [0, 0.1) is 5.82 Å². The van der Waals surface area contributed by atoms with Gasteiger partial charge in [-0.25, -0.2) is 4.39 Å². The molecule has 11 heteroatoms. The molecule has 2 aromatic heterocycles. The average Bonchev–Trinajstić information content (AvgIpc) is 3.39. The van der Waals surface area contributed by atoms with E-state index in [1.807, 2.05) is 19.0 Å². The smallest absolute Gasteiger partial charge is 0.238 e. The maximum atomic E-state index is 14.8. The first-order chi connectivity index (χ1) is 14.9. The molecule has 1 aromatic carbocycles. The molecule has 31 heavy (non-hydrogen) atoms. The molecule has 4 rings (SSSR count). The normalized spacial score (nSPS) is 18.8. The Bertz CT molecular complexity index is 1030. The molecule has 0 amide bonds. The predicted octanol–water partition coefficient (Wildman–Crippen LogP) is 0.543. The molecule has 1 aliphatic rings. The van der Waals surface area contributed by atoms with Gasteiger partial charge in [0.1, 0.15) is 11.5 Å². The Hall–Kier alpha value is -2.99. The van der Waals surface area contributed by atoms with Crippen LogP contribution in [0.3, 0.4) is 0 Å². The highest BCUT2D eigenvalue weighted by molar-refractivity contribution is 5.68. The largest absolute Gasteiger partial charge is 0.351 e. The van der Waals surface area contributed by atoms with E-state index < -0.39 is 12.2 Å². The molecule has 3 heterocycles. The fourth-order valence-electron chi connectivity index (χ4n) is 3.29. The summed E-state index contributed by atoms with van der Waals surface area (Å²) < 4.78 is 20.1. The van der Waals surface area contributed by atoms with Gasteiger partial charge in [0.15, 0.2) is 0 Å². The van der Waals surface area contributed by atoms with Crippen LogP contribution in [0.2, 0.25) is 0 Å². The van der Waals surface area contributed by atoms with Crippen molar-refractivity contribution in [2.75, 3.05) is 38.6 Å². The van der Waals surface area contributed by atoms with Crippen LogP contribution in [-0.4, -0.2) is 81.4 Å². The van der Waals surface area contributed by atoms with Gasteiger partial charge in [0.2, 0.25) is 12.2 Å². The molecule has 0 bridgehead atoms. The van der Waals surface area contributed by atoms with E-state index in [0.29, 0.717) is 41.4 Å². The Labute approximate surface area is 179 Å². The summed E-state index contributed by atoms with van der Waals surface area (Å²) in [6, 6.07) is 8.25. The summed E-state index contributed by atoms with van der Waals surface area (Å²) in [7, 11) is 3.95. The van der Waals surface area contributed by atoms with Gasteiger partial charge in [-0.15, -0.1) is 10.2 Å². The van der Waals surface area contributed by atoms with Crippen molar-refractivity contribution in [3.05, 3.63) is 42.3 Å². The Balaban J connectivity index is 1.49. The standard InChI is InChI=1S/C20H25FN8O2/c1-27(2)7-8-29-25-19(24-26-29)18-6-3-13(11-23-18)16-5-4-14(9-17(16)21)28-12-15(10-22)31-20(28)30/h3-6,9,11,15,20,30H,7-8,10,12,22H2,1-2H3/t15-,20?/m0/s1. The first-order valence-electron chi connectivity index (χ1n) is 9.93. The summed E-state index contributed by atoms with van der Waals surface area (Å²) in [4.78, 5) is 9.49. The van der Waals surface area contributed by atoms with Crippen molar-refractivity contribution in [1.29, 1.82) is 0 Å². The van der Waals surface area contributed by atoms with E-state index in [9.17, 15) is 9.50 Å². The maximum Gasteiger partial charge on any atom is 0.238 e. The first-order valence-corrected chi connectivity index (χ1v) is 9.93. The van der Waals surface area contributed by atoms with Gasteiger partial charge in [-0.05, 0) is 43.6 Å². The minimum atomic E-state index is -1.14. The number of aliphatic hydroxyl groups excluding tert-OH is 1. The molecule has 3 aromatic rings. The lowest BCUT2D eigenvalue weighted by Gasteiger charge is -2.21. The number of benzene rings is 1. The number of nitrogens with zero attached hydrogens (tertiary/aromatic N) is 7. The third kappa shape index (κ3) is 4.69. The van der Waals surface area contributed by atoms with E-state index in [-0.39, 0.29) is 12.6 Å². The molecular weight excluding hydrogens is 403 g/mol. The number of anilines is 1. The Kier molecular flexibility index (Phi) is 6.18. The Morgan fingerprint density at radius 3 is 2.77 bits per heavy atom. The minimum Gasteiger partial charge on any atom is -0.351 e. The number of aromatic nitrogens is 5. The Morgan fingerprint density at radius 2 is 2.13 bits per heavy atom. The zero-order valence-corrected chi connectivity index (χ0v) is 17.4. The number of rotatable bonds is 7. The third-order valence-corrected chi connectivity index (χ3v) is 5.03. The Morgan fingerprint density at radius 1 is 1.29 bits per heavy atom. The molecular formula is C20H25FN8O2. The number of pyridine rings is 1. The van der Waals surface area contributed by atoms with E-state index in [0.717, 1.165) is 6.54 Å². The molecule has 164 valence electrons. The van der Waals surface area contributed by atoms with Crippen molar-refractivity contribution in [2.24, 2.45) is 5.73 Å². The molecule has 0 radical (unpaired) electrons. The molecule has 1 fully saturated rings. The van der Waals surface area contributed by atoms with Crippen LogP contribution in [0.15, 0.2) is 36.5 Å². The number of halogens is 1. The summed E-state index contributed by atoms with van der Waals surface area (Å²) >= 11 is 0. The van der Waals surface area contributed by atoms with E-state index >= 15 is 0 Å². The van der Waals surface area contributed by atoms with Gasteiger partial charge in [0, 0.05) is 36.1 Å². The molecule has 0 spiro atoms. The summed E-state index contributed by atoms with van der Waals surface area (Å²) in [6.45, 7) is 2.10. The van der Waals surface area contributed by atoms with E-state index in [4.69, 9.17) is 10.5 Å². The minimum absolute atomic E-state index is 0.282. The van der Waals surface area contributed by atoms with Crippen LogP contribution in [0.25, 0.3) is 22.6 Å².